The van der Waals surface area contributed by atoms with E-state index >= 15 is 0 Å². The molecule has 6 nitrogen and oxygen atoms in total. The summed E-state index contributed by atoms with van der Waals surface area (Å²) in [5.74, 6) is -0.370. The maximum Gasteiger partial charge on any atom is 0.252 e. The second-order valence-electron chi connectivity index (χ2n) is 4.28. The first-order valence-corrected chi connectivity index (χ1v) is 8.24. The molecule has 0 radical (unpaired) electrons. The third kappa shape index (κ3) is 3.14. The Morgan fingerprint density at radius 2 is 2.16 bits per heavy atom. The van der Waals surface area contributed by atoms with Crippen molar-refractivity contribution in [2.75, 3.05) is 20.2 Å². The van der Waals surface area contributed by atoms with Gasteiger partial charge in [0.1, 0.15) is 4.21 Å². The van der Waals surface area contributed by atoms with Crippen molar-refractivity contribution >= 4 is 27.3 Å². The number of rotatable bonds is 4. The van der Waals surface area contributed by atoms with Crippen LogP contribution in [0.1, 0.15) is 12.8 Å². The molecular weight excluding hydrogens is 288 g/mol. The molecule has 106 valence electrons. The molecule has 19 heavy (non-hydrogen) atoms. The highest BCUT2D eigenvalue weighted by Crippen LogP contribution is 2.26. The van der Waals surface area contributed by atoms with Gasteiger partial charge >= 0.3 is 0 Å². The van der Waals surface area contributed by atoms with Crippen LogP contribution >= 0.6 is 11.3 Å². The number of hydrogen-bond donors (Lipinski definition) is 1. The van der Waals surface area contributed by atoms with Crippen LogP contribution in [0.2, 0.25) is 0 Å². The highest BCUT2D eigenvalue weighted by atomic mass is 32.2. The second kappa shape index (κ2) is 6.00. The van der Waals surface area contributed by atoms with E-state index in [1.54, 1.807) is 17.5 Å². The lowest BCUT2D eigenvalue weighted by atomic mass is 9.98. The van der Waals surface area contributed by atoms with E-state index in [4.69, 9.17) is 0 Å². The quantitative estimate of drug-likeness (QED) is 0.836. The second-order valence-corrected chi connectivity index (χ2v) is 7.39. The van der Waals surface area contributed by atoms with E-state index in [2.05, 4.69) is 10.3 Å². The first-order valence-electron chi connectivity index (χ1n) is 5.92. The summed E-state index contributed by atoms with van der Waals surface area (Å²) < 4.78 is 26.3. The van der Waals surface area contributed by atoms with Crippen molar-refractivity contribution < 1.29 is 18.0 Å². The number of nitrogens with one attached hydrogen (secondary N) is 1. The number of hydrogen-bond acceptors (Lipinski definition) is 5. The van der Waals surface area contributed by atoms with Gasteiger partial charge in [-0.05, 0) is 24.3 Å². The number of carbonyl (C=O) groups excluding carboxylic acids is 1. The van der Waals surface area contributed by atoms with E-state index in [1.807, 2.05) is 0 Å². The van der Waals surface area contributed by atoms with Gasteiger partial charge in [-0.2, -0.15) is 4.31 Å². The third-order valence-corrected chi connectivity index (χ3v) is 6.39. The molecule has 0 aromatic carbocycles. The maximum absolute atomic E-state index is 12.3. The molecule has 1 amide bonds. The normalized spacial score (nSPS) is 18.4. The average Bonchev–Trinajstić information content (AvgIpc) is 2.94. The summed E-state index contributed by atoms with van der Waals surface area (Å²) in [5.41, 5.74) is 2.29. The highest BCUT2D eigenvalue weighted by Gasteiger charge is 2.32. The molecule has 1 fully saturated rings. The van der Waals surface area contributed by atoms with Gasteiger partial charge in [0.05, 0.1) is 7.11 Å². The van der Waals surface area contributed by atoms with Crippen molar-refractivity contribution in [3.05, 3.63) is 17.5 Å². The minimum absolute atomic E-state index is 0.185. The van der Waals surface area contributed by atoms with E-state index in [-0.39, 0.29) is 11.8 Å². The smallest absolute Gasteiger partial charge is 0.252 e. The number of amides is 1. The van der Waals surface area contributed by atoms with Crippen LogP contribution in [0.15, 0.2) is 21.7 Å². The number of sulfonamides is 1. The molecule has 0 saturated carbocycles. The van der Waals surface area contributed by atoms with Crippen molar-refractivity contribution in [1.82, 2.24) is 9.79 Å². The minimum atomic E-state index is -3.39. The maximum atomic E-state index is 12.3. The summed E-state index contributed by atoms with van der Waals surface area (Å²) >= 11 is 1.21. The minimum Gasteiger partial charge on any atom is -0.277 e. The van der Waals surface area contributed by atoms with Gasteiger partial charge in [-0.3, -0.25) is 9.63 Å². The van der Waals surface area contributed by atoms with Crippen molar-refractivity contribution in [2.45, 2.75) is 17.1 Å². The topological polar surface area (TPSA) is 75.7 Å². The fourth-order valence-corrected chi connectivity index (χ4v) is 4.69. The Labute approximate surface area is 116 Å². The molecule has 0 bridgehead atoms. The van der Waals surface area contributed by atoms with Gasteiger partial charge in [0.25, 0.3) is 10.0 Å². The van der Waals surface area contributed by atoms with Crippen molar-refractivity contribution in [3.8, 4) is 0 Å². The van der Waals surface area contributed by atoms with Crippen LogP contribution in [-0.4, -0.2) is 38.8 Å². The summed E-state index contributed by atoms with van der Waals surface area (Å²) in [6.07, 6.45) is 1.03. The molecule has 2 rings (SSSR count). The van der Waals surface area contributed by atoms with Crippen molar-refractivity contribution in [1.29, 1.82) is 0 Å². The van der Waals surface area contributed by atoms with Gasteiger partial charge in [-0.25, -0.2) is 13.9 Å². The van der Waals surface area contributed by atoms with E-state index in [9.17, 15) is 13.2 Å². The van der Waals surface area contributed by atoms with E-state index in [0.717, 1.165) is 0 Å². The molecule has 1 aromatic rings. The van der Waals surface area contributed by atoms with Crippen LogP contribution in [0.25, 0.3) is 0 Å². The molecule has 0 spiro atoms. The third-order valence-electron chi connectivity index (χ3n) is 3.12. The lowest BCUT2D eigenvalue weighted by Gasteiger charge is -2.29. The van der Waals surface area contributed by atoms with E-state index in [0.29, 0.717) is 30.1 Å². The molecule has 0 unspecified atom stereocenters. The summed E-state index contributed by atoms with van der Waals surface area (Å²) in [6, 6.07) is 3.32. The Balaban J connectivity index is 1.99. The fraction of sp³-hybridized carbons (Fsp3) is 0.545. The molecule has 1 aromatic heterocycles. The lowest BCUT2D eigenvalue weighted by molar-refractivity contribution is -0.136. The molecule has 2 heterocycles. The molecule has 8 heteroatoms. The molecule has 1 saturated heterocycles. The molecular formula is C11H16N2O4S2. The first-order chi connectivity index (χ1) is 9.05. The number of thiophene rings is 1. The SMILES string of the molecule is CONC(=O)C1CCN(S(=O)(=O)c2cccs2)CC1. The zero-order valence-electron chi connectivity index (χ0n) is 10.5. The van der Waals surface area contributed by atoms with Crippen LogP contribution in [0, 0.1) is 5.92 Å². The van der Waals surface area contributed by atoms with Crippen LogP contribution in [0.3, 0.4) is 0 Å². The predicted octanol–water partition coefficient (Wildman–Crippen LogP) is 0.826. The van der Waals surface area contributed by atoms with E-state index in [1.165, 1.54) is 22.8 Å². The molecule has 1 aliphatic rings. The van der Waals surface area contributed by atoms with Gasteiger partial charge in [0.15, 0.2) is 0 Å². The average molecular weight is 304 g/mol. The summed E-state index contributed by atoms with van der Waals surface area (Å²) in [7, 11) is -2.01. The van der Waals surface area contributed by atoms with Gasteiger partial charge in [-0.1, -0.05) is 6.07 Å². The Morgan fingerprint density at radius 1 is 1.47 bits per heavy atom. The van der Waals surface area contributed by atoms with E-state index < -0.39 is 10.0 Å². The number of piperidine rings is 1. The zero-order valence-corrected chi connectivity index (χ0v) is 12.2. The Morgan fingerprint density at radius 3 is 2.68 bits per heavy atom. The van der Waals surface area contributed by atoms with Gasteiger partial charge in [-0.15, -0.1) is 11.3 Å². The highest BCUT2D eigenvalue weighted by molar-refractivity contribution is 7.91. The number of nitrogens with zero attached hydrogens (tertiary/aromatic N) is 1. The predicted molar refractivity (Wildman–Crippen MR) is 71.0 cm³/mol. The number of hydroxylamine groups is 1. The van der Waals surface area contributed by atoms with Crippen LogP contribution in [-0.2, 0) is 19.7 Å². The van der Waals surface area contributed by atoms with Crippen LogP contribution in [0.4, 0.5) is 0 Å². The molecule has 1 aliphatic heterocycles. The summed E-state index contributed by atoms with van der Waals surface area (Å²) in [4.78, 5) is 16.2. The Kier molecular flexibility index (Phi) is 4.56. The molecule has 0 atom stereocenters. The van der Waals surface area contributed by atoms with Gasteiger partial charge in [0, 0.05) is 19.0 Å². The zero-order chi connectivity index (χ0) is 13.9. The standard InChI is InChI=1S/C11H16N2O4S2/c1-17-12-11(14)9-4-6-13(7-5-9)19(15,16)10-3-2-8-18-10/h2-3,8-9H,4-7H2,1H3,(H,12,14). The fourth-order valence-electron chi connectivity index (χ4n) is 2.08. The van der Waals surface area contributed by atoms with Gasteiger partial charge in [0.2, 0.25) is 5.91 Å². The number of carbonyl (C=O) groups is 1. The largest absolute Gasteiger partial charge is 0.277 e. The Bertz CT molecular complexity index is 519. The van der Waals surface area contributed by atoms with Crippen LogP contribution in [0.5, 0.6) is 0 Å². The lowest BCUT2D eigenvalue weighted by Crippen LogP contribution is -2.42. The summed E-state index contributed by atoms with van der Waals surface area (Å²) in [6.45, 7) is 0.726. The van der Waals surface area contributed by atoms with Crippen molar-refractivity contribution in [3.63, 3.8) is 0 Å². The van der Waals surface area contributed by atoms with Crippen LogP contribution < -0.4 is 5.48 Å². The molecule has 1 N–H and O–H groups in total. The summed E-state index contributed by atoms with van der Waals surface area (Å²) in [5, 5.41) is 1.74. The monoisotopic (exact) mass is 304 g/mol. The van der Waals surface area contributed by atoms with Crippen molar-refractivity contribution in [2.24, 2.45) is 5.92 Å². The van der Waals surface area contributed by atoms with Gasteiger partial charge < -0.3 is 0 Å². The molecule has 0 aliphatic carbocycles. The first kappa shape index (κ1) is 14.4. The Hall–Kier alpha value is -0.960.